The van der Waals surface area contributed by atoms with E-state index in [-0.39, 0.29) is 6.29 Å². The summed E-state index contributed by atoms with van der Waals surface area (Å²) in [5, 5.41) is 0. The first kappa shape index (κ1) is 17.8. The molecule has 4 nitrogen and oxygen atoms in total. The van der Waals surface area contributed by atoms with Crippen LogP contribution >= 0.6 is 0 Å². The van der Waals surface area contributed by atoms with Gasteiger partial charge in [0.15, 0.2) is 6.29 Å². The van der Waals surface area contributed by atoms with E-state index in [1.807, 2.05) is 20.8 Å². The molecule has 2 saturated heterocycles. The highest BCUT2D eigenvalue weighted by Crippen LogP contribution is 1.98. The fourth-order valence-corrected chi connectivity index (χ4v) is 1.54. The molecule has 0 aromatic carbocycles. The molecule has 0 saturated carbocycles. The Morgan fingerprint density at radius 3 is 1.28 bits per heavy atom. The van der Waals surface area contributed by atoms with Gasteiger partial charge in [-0.2, -0.15) is 0 Å². The first-order valence-electron chi connectivity index (χ1n) is 7.20. The Labute approximate surface area is 112 Å². The molecule has 4 heteroatoms. The number of hydrogen-bond donors (Lipinski definition) is 0. The molecule has 0 N–H and O–H groups in total. The highest BCUT2D eigenvalue weighted by atomic mass is 16.7. The zero-order valence-electron chi connectivity index (χ0n) is 12.3. The van der Waals surface area contributed by atoms with Crippen molar-refractivity contribution in [3.63, 3.8) is 0 Å². The van der Waals surface area contributed by atoms with E-state index < -0.39 is 0 Å². The molecule has 0 amide bonds. The number of rotatable bonds is 4. The molecular weight excluding hydrogens is 232 g/mol. The molecule has 2 heterocycles. The first-order chi connectivity index (χ1) is 8.81. The maximum absolute atomic E-state index is 5.06. The summed E-state index contributed by atoms with van der Waals surface area (Å²) in [6.45, 7) is 11.3. The van der Waals surface area contributed by atoms with Crippen molar-refractivity contribution in [2.75, 3.05) is 39.6 Å². The van der Waals surface area contributed by atoms with Gasteiger partial charge in [-0.15, -0.1) is 0 Å². The van der Waals surface area contributed by atoms with Gasteiger partial charge in [0.25, 0.3) is 0 Å². The van der Waals surface area contributed by atoms with E-state index in [1.165, 1.54) is 25.7 Å². The SMILES string of the molecule is C1CCOC1.C1CCOC1.CCOC(C)OCC. The van der Waals surface area contributed by atoms with Crippen LogP contribution in [0.1, 0.15) is 46.5 Å². The lowest BCUT2D eigenvalue weighted by molar-refractivity contribution is -0.123. The van der Waals surface area contributed by atoms with Crippen LogP contribution in [0.4, 0.5) is 0 Å². The lowest BCUT2D eigenvalue weighted by Gasteiger charge is -2.09. The molecule has 2 fully saturated rings. The van der Waals surface area contributed by atoms with Gasteiger partial charge in [-0.3, -0.25) is 0 Å². The fourth-order valence-electron chi connectivity index (χ4n) is 1.54. The van der Waals surface area contributed by atoms with Gasteiger partial charge in [0, 0.05) is 39.6 Å². The highest BCUT2D eigenvalue weighted by molar-refractivity contribution is 4.44. The Hall–Kier alpha value is -0.160. The average Bonchev–Trinajstić information content (AvgIpc) is 3.09. The summed E-state index contributed by atoms with van der Waals surface area (Å²) in [7, 11) is 0. The molecule has 0 aromatic rings. The van der Waals surface area contributed by atoms with Crippen molar-refractivity contribution >= 4 is 0 Å². The van der Waals surface area contributed by atoms with Crippen molar-refractivity contribution in [3.05, 3.63) is 0 Å². The maximum atomic E-state index is 5.06. The quantitative estimate of drug-likeness (QED) is 0.730. The Morgan fingerprint density at radius 1 is 0.778 bits per heavy atom. The molecule has 0 radical (unpaired) electrons. The first-order valence-corrected chi connectivity index (χ1v) is 7.20. The van der Waals surface area contributed by atoms with Crippen LogP contribution in [0.2, 0.25) is 0 Å². The summed E-state index contributed by atoms with van der Waals surface area (Å²) in [6, 6.07) is 0. The molecule has 18 heavy (non-hydrogen) atoms. The van der Waals surface area contributed by atoms with Crippen molar-refractivity contribution in [1.29, 1.82) is 0 Å². The predicted molar refractivity (Wildman–Crippen MR) is 72.8 cm³/mol. The third kappa shape index (κ3) is 13.9. The van der Waals surface area contributed by atoms with E-state index in [1.54, 1.807) is 0 Å². The second kappa shape index (κ2) is 14.9. The Morgan fingerprint density at radius 2 is 1.11 bits per heavy atom. The van der Waals surface area contributed by atoms with Gasteiger partial charge in [0.1, 0.15) is 0 Å². The zero-order chi connectivity index (χ0) is 13.5. The maximum Gasteiger partial charge on any atom is 0.154 e. The average molecular weight is 262 g/mol. The smallest absolute Gasteiger partial charge is 0.154 e. The second-order valence-corrected chi connectivity index (χ2v) is 4.12. The van der Waals surface area contributed by atoms with Crippen molar-refractivity contribution in [2.45, 2.75) is 52.7 Å². The molecule has 0 unspecified atom stereocenters. The molecule has 0 atom stereocenters. The highest BCUT2D eigenvalue weighted by Gasteiger charge is 1.95. The zero-order valence-corrected chi connectivity index (χ0v) is 12.3. The summed E-state index contributed by atoms with van der Waals surface area (Å²) in [5.74, 6) is 0. The fraction of sp³-hybridized carbons (Fsp3) is 1.00. The van der Waals surface area contributed by atoms with Crippen LogP contribution < -0.4 is 0 Å². The number of ether oxygens (including phenoxy) is 4. The minimum atomic E-state index is -0.0370. The van der Waals surface area contributed by atoms with Crippen LogP contribution in [0.25, 0.3) is 0 Å². The van der Waals surface area contributed by atoms with Gasteiger partial charge in [-0.1, -0.05) is 0 Å². The van der Waals surface area contributed by atoms with E-state index >= 15 is 0 Å². The predicted octanol–water partition coefficient (Wildman–Crippen LogP) is 3.00. The van der Waals surface area contributed by atoms with E-state index in [9.17, 15) is 0 Å². The molecule has 0 aliphatic carbocycles. The third-order valence-electron chi connectivity index (χ3n) is 2.46. The van der Waals surface area contributed by atoms with E-state index in [0.717, 1.165) is 39.6 Å². The summed E-state index contributed by atoms with van der Waals surface area (Å²) in [6.07, 6.45) is 5.07. The normalized spacial score (nSPS) is 18.0. The molecule has 0 bridgehead atoms. The lowest BCUT2D eigenvalue weighted by atomic mass is 10.4. The van der Waals surface area contributed by atoms with Crippen molar-refractivity contribution in [3.8, 4) is 0 Å². The molecule has 2 aliphatic rings. The third-order valence-corrected chi connectivity index (χ3v) is 2.46. The van der Waals surface area contributed by atoms with Gasteiger partial charge < -0.3 is 18.9 Å². The Kier molecular flexibility index (Phi) is 14.8. The Bertz CT molecular complexity index is 114. The minimum absolute atomic E-state index is 0.0370. The van der Waals surface area contributed by atoms with Gasteiger partial charge in [-0.05, 0) is 46.5 Å². The van der Waals surface area contributed by atoms with Crippen LogP contribution in [0, 0.1) is 0 Å². The van der Waals surface area contributed by atoms with Gasteiger partial charge >= 0.3 is 0 Å². The molecular formula is C14H30O4. The second-order valence-electron chi connectivity index (χ2n) is 4.12. The standard InChI is InChI=1S/C6H14O2.2C4H8O/c1-4-7-6(3)8-5-2;2*1-2-4-5-3-1/h6H,4-5H2,1-3H3;2*1-4H2. The van der Waals surface area contributed by atoms with Gasteiger partial charge in [0.2, 0.25) is 0 Å². The Balaban J connectivity index is 0.000000250. The van der Waals surface area contributed by atoms with E-state index in [4.69, 9.17) is 18.9 Å². The van der Waals surface area contributed by atoms with Crippen molar-refractivity contribution < 1.29 is 18.9 Å². The van der Waals surface area contributed by atoms with Gasteiger partial charge in [0.05, 0.1) is 0 Å². The largest absolute Gasteiger partial charge is 0.381 e. The summed E-state index contributed by atoms with van der Waals surface area (Å²) < 4.78 is 20.0. The van der Waals surface area contributed by atoms with Crippen molar-refractivity contribution in [2.24, 2.45) is 0 Å². The summed E-state index contributed by atoms with van der Waals surface area (Å²) >= 11 is 0. The van der Waals surface area contributed by atoms with Crippen LogP contribution in [0.15, 0.2) is 0 Å². The molecule has 0 aromatic heterocycles. The molecule has 0 spiro atoms. The summed E-state index contributed by atoms with van der Waals surface area (Å²) in [4.78, 5) is 0. The molecule has 2 aliphatic heterocycles. The van der Waals surface area contributed by atoms with Crippen molar-refractivity contribution in [1.82, 2.24) is 0 Å². The van der Waals surface area contributed by atoms with Crippen LogP contribution in [-0.4, -0.2) is 45.9 Å². The van der Waals surface area contributed by atoms with Gasteiger partial charge in [-0.25, -0.2) is 0 Å². The number of hydrogen-bond acceptors (Lipinski definition) is 4. The lowest BCUT2D eigenvalue weighted by Crippen LogP contribution is -2.11. The minimum Gasteiger partial charge on any atom is -0.381 e. The van der Waals surface area contributed by atoms with Crippen LogP contribution in [-0.2, 0) is 18.9 Å². The molecule has 110 valence electrons. The topological polar surface area (TPSA) is 36.9 Å². The van der Waals surface area contributed by atoms with E-state index in [2.05, 4.69) is 0 Å². The molecule has 2 rings (SSSR count). The van der Waals surface area contributed by atoms with E-state index in [0.29, 0.717) is 0 Å². The van der Waals surface area contributed by atoms with Crippen LogP contribution in [0.3, 0.4) is 0 Å². The summed E-state index contributed by atoms with van der Waals surface area (Å²) in [5.41, 5.74) is 0. The monoisotopic (exact) mass is 262 g/mol. The van der Waals surface area contributed by atoms with Crippen LogP contribution in [0.5, 0.6) is 0 Å².